The van der Waals surface area contributed by atoms with Gasteiger partial charge < -0.3 is 19.9 Å². The van der Waals surface area contributed by atoms with Crippen molar-refractivity contribution in [2.24, 2.45) is 0 Å². The van der Waals surface area contributed by atoms with E-state index in [9.17, 15) is 18.0 Å². The molecule has 10 heteroatoms. The van der Waals surface area contributed by atoms with E-state index in [1.54, 1.807) is 30.2 Å². The second-order valence-corrected chi connectivity index (χ2v) is 9.28. The van der Waals surface area contributed by atoms with E-state index in [-0.39, 0.29) is 5.91 Å². The summed E-state index contributed by atoms with van der Waals surface area (Å²) in [5.74, 6) is 0.0330. The number of rotatable bonds is 10. The Labute approximate surface area is 214 Å². The first-order valence-electron chi connectivity index (χ1n) is 11.6. The highest BCUT2D eigenvalue weighted by atomic mass is 35.5. The topological polar surface area (TPSA) is 44.8 Å². The van der Waals surface area contributed by atoms with Crippen LogP contribution in [0.25, 0.3) is 0 Å². The Balaban J connectivity index is 1.60. The van der Waals surface area contributed by atoms with Gasteiger partial charge in [-0.3, -0.25) is 4.79 Å². The highest BCUT2D eigenvalue weighted by Crippen LogP contribution is 2.33. The number of alkyl halides is 3. The molecule has 3 rings (SSSR count). The van der Waals surface area contributed by atoms with Gasteiger partial charge in [0.2, 0.25) is 5.91 Å². The summed E-state index contributed by atoms with van der Waals surface area (Å²) in [6, 6.07) is 9.15. The van der Waals surface area contributed by atoms with Crippen molar-refractivity contribution in [2.75, 3.05) is 57.9 Å². The van der Waals surface area contributed by atoms with Crippen LogP contribution in [0.4, 0.5) is 18.9 Å². The van der Waals surface area contributed by atoms with Crippen molar-refractivity contribution in [1.82, 2.24) is 10.2 Å². The number of methoxy groups -OCH3 is 1. The zero-order valence-electron chi connectivity index (χ0n) is 19.6. The lowest BCUT2D eigenvalue weighted by Gasteiger charge is -2.37. The van der Waals surface area contributed by atoms with Gasteiger partial charge in [0, 0.05) is 62.0 Å². The van der Waals surface area contributed by atoms with Gasteiger partial charge in [0.05, 0.1) is 12.2 Å². The van der Waals surface area contributed by atoms with Crippen molar-refractivity contribution in [2.45, 2.75) is 25.4 Å². The molecule has 1 N–H and O–H groups in total. The number of aryl methyl sites for hydroxylation is 1. The first-order chi connectivity index (χ1) is 16.7. The number of carbonyl (C=O) groups is 1. The number of benzene rings is 2. The molecule has 0 spiro atoms. The van der Waals surface area contributed by atoms with Crippen LogP contribution >= 0.6 is 23.2 Å². The predicted molar refractivity (Wildman–Crippen MR) is 133 cm³/mol. The molecule has 5 nitrogen and oxygen atoms in total. The van der Waals surface area contributed by atoms with Gasteiger partial charge in [0.15, 0.2) is 0 Å². The van der Waals surface area contributed by atoms with Crippen molar-refractivity contribution in [1.29, 1.82) is 0 Å². The van der Waals surface area contributed by atoms with Crippen molar-refractivity contribution in [3.05, 3.63) is 63.1 Å². The monoisotopic (exact) mass is 531 g/mol. The molecule has 1 saturated heterocycles. The van der Waals surface area contributed by atoms with Crippen LogP contribution in [0.15, 0.2) is 36.4 Å². The molecule has 0 radical (unpaired) electrons. The number of ether oxygens (including phenoxy) is 1. The summed E-state index contributed by atoms with van der Waals surface area (Å²) in [6.45, 7) is 3.86. The van der Waals surface area contributed by atoms with E-state index >= 15 is 0 Å². The van der Waals surface area contributed by atoms with Gasteiger partial charge in [-0.25, -0.2) is 0 Å². The van der Waals surface area contributed by atoms with Gasteiger partial charge in [-0.1, -0.05) is 29.3 Å². The average molecular weight is 532 g/mol. The molecule has 2 aromatic carbocycles. The standard InChI is InChI=1S/C25H30Cl2F3N3O2/c1-35-15-10-31-9-8-19-16-20(25(28,29)30)4-6-23(19)32-11-13-33(14-12-32)24(34)7-3-18-2-5-21(26)17-22(18)27/h2,4-6,16-17,31H,3,7-15H2,1H3. The van der Waals surface area contributed by atoms with Gasteiger partial charge in [-0.15, -0.1) is 0 Å². The quantitative estimate of drug-likeness (QED) is 0.434. The summed E-state index contributed by atoms with van der Waals surface area (Å²) >= 11 is 12.1. The zero-order chi connectivity index (χ0) is 25.4. The number of nitrogens with zero attached hydrogens (tertiary/aromatic N) is 2. The van der Waals surface area contributed by atoms with Crippen molar-refractivity contribution < 1.29 is 22.7 Å². The van der Waals surface area contributed by atoms with Gasteiger partial charge >= 0.3 is 6.18 Å². The Kier molecular flexibility index (Phi) is 10.1. The number of hydrogen-bond donors (Lipinski definition) is 1. The number of hydrogen-bond acceptors (Lipinski definition) is 4. The minimum absolute atomic E-state index is 0.0330. The third-order valence-corrected chi connectivity index (χ3v) is 6.64. The van der Waals surface area contributed by atoms with Crippen LogP contribution in [0.2, 0.25) is 10.0 Å². The fraction of sp³-hybridized carbons (Fsp3) is 0.480. The Morgan fingerprint density at radius 3 is 2.40 bits per heavy atom. The molecule has 0 bridgehead atoms. The summed E-state index contributed by atoms with van der Waals surface area (Å²) in [4.78, 5) is 16.6. The number of piperazine rings is 1. The Morgan fingerprint density at radius 2 is 1.74 bits per heavy atom. The summed E-state index contributed by atoms with van der Waals surface area (Å²) < 4.78 is 44.9. The van der Waals surface area contributed by atoms with E-state index in [2.05, 4.69) is 10.2 Å². The van der Waals surface area contributed by atoms with Gasteiger partial charge in [-0.05, 0) is 60.8 Å². The molecule has 35 heavy (non-hydrogen) atoms. The molecule has 0 unspecified atom stereocenters. The van der Waals surface area contributed by atoms with Crippen LogP contribution in [0.3, 0.4) is 0 Å². The third-order valence-electron chi connectivity index (χ3n) is 6.06. The fourth-order valence-electron chi connectivity index (χ4n) is 4.11. The van der Waals surface area contributed by atoms with Crippen molar-refractivity contribution in [3.63, 3.8) is 0 Å². The van der Waals surface area contributed by atoms with E-state index < -0.39 is 11.7 Å². The molecule has 192 valence electrons. The molecule has 1 aliphatic heterocycles. The van der Waals surface area contributed by atoms with Crippen LogP contribution in [0.5, 0.6) is 0 Å². The normalized spacial score (nSPS) is 14.5. The molecule has 1 amide bonds. The van der Waals surface area contributed by atoms with Crippen molar-refractivity contribution in [3.8, 4) is 0 Å². The van der Waals surface area contributed by atoms with E-state index in [4.69, 9.17) is 27.9 Å². The Bertz CT molecular complexity index is 996. The second kappa shape index (κ2) is 12.8. The largest absolute Gasteiger partial charge is 0.416 e. The zero-order valence-corrected chi connectivity index (χ0v) is 21.1. The van der Waals surface area contributed by atoms with Crippen LogP contribution in [0.1, 0.15) is 23.1 Å². The molecule has 0 aromatic heterocycles. The summed E-state index contributed by atoms with van der Waals surface area (Å²) in [5, 5.41) is 4.28. The predicted octanol–water partition coefficient (Wildman–Crippen LogP) is 5.07. The third kappa shape index (κ3) is 8.00. The highest BCUT2D eigenvalue weighted by molar-refractivity contribution is 6.35. The van der Waals surface area contributed by atoms with Gasteiger partial charge in [-0.2, -0.15) is 13.2 Å². The first kappa shape index (κ1) is 27.6. The fourth-order valence-corrected chi connectivity index (χ4v) is 4.62. The average Bonchev–Trinajstić information content (AvgIpc) is 2.82. The molecular formula is C25H30Cl2F3N3O2. The minimum Gasteiger partial charge on any atom is -0.383 e. The maximum atomic E-state index is 13.3. The summed E-state index contributed by atoms with van der Waals surface area (Å²) in [7, 11) is 1.60. The van der Waals surface area contributed by atoms with E-state index in [0.717, 1.165) is 17.3 Å². The lowest BCUT2D eigenvalue weighted by atomic mass is 10.0. The van der Waals surface area contributed by atoms with Crippen LogP contribution in [0, 0.1) is 0 Å². The van der Waals surface area contributed by atoms with Gasteiger partial charge in [0.25, 0.3) is 0 Å². The number of carbonyl (C=O) groups excluding carboxylic acids is 1. The summed E-state index contributed by atoms with van der Waals surface area (Å²) in [6.07, 6.45) is -3.08. The van der Waals surface area contributed by atoms with Crippen LogP contribution in [-0.2, 0) is 28.5 Å². The second-order valence-electron chi connectivity index (χ2n) is 8.44. The van der Waals surface area contributed by atoms with E-state index in [1.165, 1.54) is 6.07 Å². The highest BCUT2D eigenvalue weighted by Gasteiger charge is 2.32. The van der Waals surface area contributed by atoms with E-state index in [1.807, 2.05) is 6.07 Å². The smallest absolute Gasteiger partial charge is 0.383 e. The van der Waals surface area contributed by atoms with Crippen molar-refractivity contribution >= 4 is 34.8 Å². The first-order valence-corrected chi connectivity index (χ1v) is 12.3. The van der Waals surface area contributed by atoms with Crippen LogP contribution in [-0.4, -0.2) is 63.8 Å². The maximum Gasteiger partial charge on any atom is 0.416 e. The molecule has 2 aromatic rings. The maximum absolute atomic E-state index is 13.3. The number of halogens is 5. The van der Waals surface area contributed by atoms with E-state index in [0.29, 0.717) is 80.7 Å². The molecule has 1 aliphatic rings. The molecule has 0 aliphatic carbocycles. The molecule has 1 heterocycles. The number of nitrogens with one attached hydrogen (secondary N) is 1. The van der Waals surface area contributed by atoms with Gasteiger partial charge in [0.1, 0.15) is 0 Å². The minimum atomic E-state index is -4.39. The lowest BCUT2D eigenvalue weighted by molar-refractivity contribution is -0.137. The summed E-state index contributed by atoms with van der Waals surface area (Å²) in [5.41, 5.74) is 1.65. The number of amides is 1. The Hall–Kier alpha value is -2.00. The number of anilines is 1. The lowest BCUT2D eigenvalue weighted by Crippen LogP contribution is -2.49. The Morgan fingerprint density at radius 1 is 1.00 bits per heavy atom. The SMILES string of the molecule is COCCNCCc1cc(C(F)(F)F)ccc1N1CCN(C(=O)CCc2ccc(Cl)cc2Cl)CC1. The molecular weight excluding hydrogens is 502 g/mol. The molecule has 0 saturated carbocycles. The molecule has 0 atom stereocenters. The molecule has 1 fully saturated rings. The van der Waals surface area contributed by atoms with Crippen LogP contribution < -0.4 is 10.2 Å².